The number of halogens is 1. The van der Waals surface area contributed by atoms with Crippen LogP contribution < -0.4 is 5.32 Å². The first kappa shape index (κ1) is 12.1. The Balaban J connectivity index is 2.45. The van der Waals surface area contributed by atoms with Crippen molar-refractivity contribution in [2.24, 2.45) is 0 Å². The standard InChI is InChI=1S/C11H16ClN5/c1-7-5-9(16-11(3,4)8(2)12)17-10(15-7)13-6-14-17/h5-6,8,16H,1-4H3. The molecule has 0 radical (unpaired) electrons. The summed E-state index contributed by atoms with van der Waals surface area (Å²) in [5.74, 6) is 1.44. The number of fused-ring (bicyclic) bond motifs is 1. The average Bonchev–Trinajstić information content (AvgIpc) is 2.64. The van der Waals surface area contributed by atoms with Gasteiger partial charge in [0.2, 0.25) is 0 Å². The Labute approximate surface area is 105 Å². The molecule has 1 N–H and O–H groups in total. The van der Waals surface area contributed by atoms with E-state index in [9.17, 15) is 0 Å². The van der Waals surface area contributed by atoms with Gasteiger partial charge in [0.05, 0.1) is 5.38 Å². The fraction of sp³-hybridized carbons (Fsp3) is 0.545. The lowest BCUT2D eigenvalue weighted by atomic mass is 10.0. The minimum Gasteiger partial charge on any atom is -0.363 e. The van der Waals surface area contributed by atoms with Gasteiger partial charge in [-0.2, -0.15) is 14.6 Å². The molecule has 0 aromatic carbocycles. The van der Waals surface area contributed by atoms with E-state index in [0.717, 1.165) is 11.5 Å². The molecule has 1 atom stereocenters. The second-order valence-corrected chi connectivity index (χ2v) is 5.37. The Morgan fingerprint density at radius 3 is 2.82 bits per heavy atom. The highest BCUT2D eigenvalue weighted by molar-refractivity contribution is 6.21. The minimum atomic E-state index is -0.242. The van der Waals surface area contributed by atoms with Gasteiger partial charge in [-0.05, 0) is 27.7 Å². The molecule has 0 saturated carbocycles. The first-order valence-corrected chi connectivity index (χ1v) is 5.93. The van der Waals surface area contributed by atoms with Crippen LogP contribution in [0.25, 0.3) is 5.78 Å². The number of nitrogens with zero attached hydrogens (tertiary/aromatic N) is 4. The summed E-state index contributed by atoms with van der Waals surface area (Å²) in [6, 6.07) is 1.93. The molecule has 0 amide bonds. The van der Waals surface area contributed by atoms with Crippen LogP contribution in [-0.4, -0.2) is 30.5 Å². The maximum Gasteiger partial charge on any atom is 0.254 e. The van der Waals surface area contributed by atoms with Crippen LogP contribution in [0.1, 0.15) is 26.5 Å². The molecule has 0 spiro atoms. The zero-order valence-corrected chi connectivity index (χ0v) is 11.2. The quantitative estimate of drug-likeness (QED) is 0.853. The van der Waals surface area contributed by atoms with Crippen molar-refractivity contribution in [2.75, 3.05) is 5.32 Å². The van der Waals surface area contributed by atoms with Crippen molar-refractivity contribution in [2.45, 2.75) is 38.6 Å². The zero-order chi connectivity index (χ0) is 12.6. The van der Waals surface area contributed by atoms with Gasteiger partial charge in [0.15, 0.2) is 0 Å². The SMILES string of the molecule is Cc1cc(NC(C)(C)C(C)Cl)n2ncnc2n1. The van der Waals surface area contributed by atoms with Crippen molar-refractivity contribution in [3.63, 3.8) is 0 Å². The van der Waals surface area contributed by atoms with Crippen LogP contribution in [0, 0.1) is 6.92 Å². The molecular weight excluding hydrogens is 238 g/mol. The predicted octanol–water partition coefficient (Wildman–Crippen LogP) is 2.25. The summed E-state index contributed by atoms with van der Waals surface area (Å²) in [4.78, 5) is 8.37. The largest absolute Gasteiger partial charge is 0.363 e. The lowest BCUT2D eigenvalue weighted by Crippen LogP contribution is -2.39. The first-order chi connectivity index (χ1) is 7.90. The molecule has 0 fully saturated rings. The Bertz CT molecular complexity index is 532. The summed E-state index contributed by atoms with van der Waals surface area (Å²) in [7, 11) is 0. The van der Waals surface area contributed by atoms with Crippen LogP contribution in [0.5, 0.6) is 0 Å². The lowest BCUT2D eigenvalue weighted by Gasteiger charge is -2.30. The van der Waals surface area contributed by atoms with Crippen LogP contribution in [0.4, 0.5) is 5.82 Å². The molecular formula is C11H16ClN5. The summed E-state index contributed by atoms with van der Waals surface area (Å²) in [5.41, 5.74) is 0.653. The molecule has 2 aromatic heterocycles. The molecule has 1 unspecified atom stereocenters. The molecule has 0 aliphatic rings. The Hall–Kier alpha value is -1.36. The number of rotatable bonds is 3. The van der Waals surface area contributed by atoms with Gasteiger partial charge in [-0.3, -0.25) is 0 Å². The number of hydrogen-bond acceptors (Lipinski definition) is 4. The van der Waals surface area contributed by atoms with Crippen molar-refractivity contribution in [3.8, 4) is 0 Å². The molecule has 2 heterocycles. The fourth-order valence-electron chi connectivity index (χ4n) is 1.45. The highest BCUT2D eigenvalue weighted by atomic mass is 35.5. The van der Waals surface area contributed by atoms with Gasteiger partial charge in [-0.1, -0.05) is 0 Å². The normalized spacial score (nSPS) is 13.9. The smallest absolute Gasteiger partial charge is 0.254 e. The van der Waals surface area contributed by atoms with Crippen LogP contribution in [-0.2, 0) is 0 Å². The first-order valence-electron chi connectivity index (χ1n) is 5.50. The van der Waals surface area contributed by atoms with E-state index < -0.39 is 0 Å². The monoisotopic (exact) mass is 253 g/mol. The van der Waals surface area contributed by atoms with Gasteiger partial charge in [0.1, 0.15) is 12.1 Å². The number of anilines is 1. The predicted molar refractivity (Wildman–Crippen MR) is 68.5 cm³/mol. The van der Waals surface area contributed by atoms with Crippen molar-refractivity contribution in [3.05, 3.63) is 18.1 Å². The van der Waals surface area contributed by atoms with Crippen LogP contribution >= 0.6 is 11.6 Å². The van der Waals surface area contributed by atoms with E-state index in [2.05, 4.69) is 20.4 Å². The van der Waals surface area contributed by atoms with Crippen molar-refractivity contribution < 1.29 is 0 Å². The van der Waals surface area contributed by atoms with E-state index in [0.29, 0.717) is 5.78 Å². The third kappa shape index (κ3) is 2.34. The van der Waals surface area contributed by atoms with Crippen LogP contribution in [0.3, 0.4) is 0 Å². The van der Waals surface area contributed by atoms with Crippen molar-refractivity contribution in [1.29, 1.82) is 0 Å². The fourth-order valence-corrected chi connectivity index (χ4v) is 1.50. The lowest BCUT2D eigenvalue weighted by molar-refractivity contribution is 0.549. The third-order valence-corrected chi connectivity index (χ3v) is 3.37. The maximum atomic E-state index is 6.16. The topological polar surface area (TPSA) is 55.1 Å². The number of aryl methyl sites for hydroxylation is 1. The number of aromatic nitrogens is 4. The Kier molecular flexibility index (Phi) is 2.95. The summed E-state index contributed by atoms with van der Waals surface area (Å²) < 4.78 is 1.67. The van der Waals surface area contributed by atoms with E-state index in [1.807, 2.05) is 33.8 Å². The molecule has 92 valence electrons. The van der Waals surface area contributed by atoms with Gasteiger partial charge in [0, 0.05) is 17.3 Å². The molecule has 6 heteroatoms. The zero-order valence-electron chi connectivity index (χ0n) is 10.4. The van der Waals surface area contributed by atoms with E-state index in [1.165, 1.54) is 6.33 Å². The Morgan fingerprint density at radius 2 is 2.18 bits per heavy atom. The van der Waals surface area contributed by atoms with Crippen molar-refractivity contribution in [1.82, 2.24) is 19.6 Å². The highest BCUT2D eigenvalue weighted by Crippen LogP contribution is 2.22. The highest BCUT2D eigenvalue weighted by Gasteiger charge is 2.25. The molecule has 0 aliphatic heterocycles. The molecule has 5 nitrogen and oxygen atoms in total. The number of hydrogen-bond donors (Lipinski definition) is 1. The summed E-state index contributed by atoms with van der Waals surface area (Å²) >= 11 is 6.16. The molecule has 2 aromatic rings. The molecule has 17 heavy (non-hydrogen) atoms. The van der Waals surface area contributed by atoms with Crippen molar-refractivity contribution >= 4 is 23.2 Å². The minimum absolute atomic E-state index is 0.0189. The average molecular weight is 254 g/mol. The van der Waals surface area contributed by atoms with Gasteiger partial charge >= 0.3 is 0 Å². The number of alkyl halides is 1. The molecule has 0 aliphatic carbocycles. The summed E-state index contributed by atoms with van der Waals surface area (Å²) in [6.07, 6.45) is 1.49. The van der Waals surface area contributed by atoms with E-state index in [-0.39, 0.29) is 10.9 Å². The molecule has 0 bridgehead atoms. The van der Waals surface area contributed by atoms with Crippen LogP contribution in [0.2, 0.25) is 0 Å². The van der Waals surface area contributed by atoms with Gasteiger partial charge in [-0.25, -0.2) is 4.98 Å². The maximum absolute atomic E-state index is 6.16. The van der Waals surface area contributed by atoms with E-state index in [1.54, 1.807) is 4.52 Å². The Morgan fingerprint density at radius 1 is 1.47 bits per heavy atom. The van der Waals surface area contributed by atoms with Gasteiger partial charge in [0.25, 0.3) is 5.78 Å². The molecule has 0 saturated heterocycles. The van der Waals surface area contributed by atoms with Gasteiger partial charge < -0.3 is 5.32 Å². The summed E-state index contributed by atoms with van der Waals surface area (Å²) in [5, 5.41) is 7.50. The second-order valence-electron chi connectivity index (χ2n) is 4.72. The van der Waals surface area contributed by atoms with Crippen LogP contribution in [0.15, 0.2) is 12.4 Å². The third-order valence-electron chi connectivity index (χ3n) is 2.82. The second kappa shape index (κ2) is 4.14. The van der Waals surface area contributed by atoms with E-state index in [4.69, 9.17) is 11.6 Å². The summed E-state index contributed by atoms with van der Waals surface area (Å²) in [6.45, 7) is 7.98. The van der Waals surface area contributed by atoms with E-state index >= 15 is 0 Å². The molecule has 2 rings (SSSR count). The van der Waals surface area contributed by atoms with Gasteiger partial charge in [-0.15, -0.1) is 11.6 Å². The number of nitrogens with one attached hydrogen (secondary N) is 1.